The van der Waals surface area contributed by atoms with Gasteiger partial charge >= 0.3 is 6.18 Å². The zero-order chi connectivity index (χ0) is 16.3. The molecule has 1 aromatic rings. The maximum atomic E-state index is 12.9. The third-order valence-electron chi connectivity index (χ3n) is 3.29. The third-order valence-corrected chi connectivity index (χ3v) is 3.49. The fourth-order valence-electron chi connectivity index (χ4n) is 2.12. The summed E-state index contributed by atoms with van der Waals surface area (Å²) in [4.78, 5) is 13.6. The number of anilines is 2. The summed E-state index contributed by atoms with van der Waals surface area (Å²) in [6.07, 6.45) is -4.48. The van der Waals surface area contributed by atoms with Gasteiger partial charge in [0, 0.05) is 13.1 Å². The SMILES string of the molecule is CC(Cl)C(=O)Nc1cc(C(F)(F)F)ccc1N1CCOCC1. The molecule has 1 saturated heterocycles. The van der Waals surface area contributed by atoms with E-state index in [0.29, 0.717) is 32.0 Å². The number of nitrogens with one attached hydrogen (secondary N) is 1. The number of rotatable bonds is 3. The van der Waals surface area contributed by atoms with Crippen LogP contribution >= 0.6 is 11.6 Å². The summed E-state index contributed by atoms with van der Waals surface area (Å²) in [5.74, 6) is -0.546. The first-order chi connectivity index (χ1) is 10.3. The molecule has 1 aliphatic rings. The highest BCUT2D eigenvalue weighted by Gasteiger charge is 2.32. The van der Waals surface area contributed by atoms with Crippen LogP contribution in [-0.2, 0) is 15.7 Å². The molecule has 1 amide bonds. The van der Waals surface area contributed by atoms with Gasteiger partial charge in [-0.25, -0.2) is 0 Å². The molecule has 1 unspecified atom stereocenters. The molecule has 122 valence electrons. The van der Waals surface area contributed by atoms with E-state index in [-0.39, 0.29) is 5.69 Å². The Morgan fingerprint density at radius 2 is 2.00 bits per heavy atom. The molecule has 1 heterocycles. The van der Waals surface area contributed by atoms with E-state index in [1.54, 1.807) is 0 Å². The lowest BCUT2D eigenvalue weighted by atomic mass is 10.1. The van der Waals surface area contributed by atoms with Crippen LogP contribution in [0.2, 0.25) is 0 Å². The second kappa shape index (κ2) is 6.75. The molecule has 1 fully saturated rings. The first-order valence-electron chi connectivity index (χ1n) is 6.78. The van der Waals surface area contributed by atoms with E-state index in [1.807, 2.05) is 4.90 Å². The van der Waals surface area contributed by atoms with Crippen molar-refractivity contribution in [2.75, 3.05) is 36.5 Å². The van der Waals surface area contributed by atoms with Crippen molar-refractivity contribution in [3.05, 3.63) is 23.8 Å². The van der Waals surface area contributed by atoms with Crippen LogP contribution in [0.3, 0.4) is 0 Å². The molecule has 0 spiro atoms. The fraction of sp³-hybridized carbons (Fsp3) is 0.500. The number of carbonyl (C=O) groups is 1. The Hall–Kier alpha value is -1.47. The molecule has 1 aromatic carbocycles. The van der Waals surface area contributed by atoms with Crippen molar-refractivity contribution in [1.82, 2.24) is 0 Å². The number of hydrogen-bond donors (Lipinski definition) is 1. The lowest BCUT2D eigenvalue weighted by Crippen LogP contribution is -2.37. The van der Waals surface area contributed by atoms with Gasteiger partial charge in [0.1, 0.15) is 5.38 Å². The number of amides is 1. The van der Waals surface area contributed by atoms with Gasteiger partial charge < -0.3 is 15.0 Å². The Kier molecular flexibility index (Phi) is 5.18. The lowest BCUT2D eigenvalue weighted by molar-refractivity contribution is -0.137. The summed E-state index contributed by atoms with van der Waals surface area (Å²) in [6, 6.07) is 3.30. The number of alkyl halides is 4. The number of halogens is 4. The normalized spacial score (nSPS) is 17.2. The van der Waals surface area contributed by atoms with Gasteiger partial charge in [-0.1, -0.05) is 0 Å². The van der Waals surface area contributed by atoms with Crippen molar-refractivity contribution >= 4 is 28.9 Å². The van der Waals surface area contributed by atoms with Crippen LogP contribution in [0.5, 0.6) is 0 Å². The molecule has 4 nitrogen and oxygen atoms in total. The van der Waals surface area contributed by atoms with Crippen molar-refractivity contribution in [2.45, 2.75) is 18.5 Å². The molecule has 1 N–H and O–H groups in total. The summed E-state index contributed by atoms with van der Waals surface area (Å²) in [5.41, 5.74) is -0.182. The van der Waals surface area contributed by atoms with Crippen LogP contribution in [0.1, 0.15) is 12.5 Å². The molecular weight excluding hydrogens is 321 g/mol. The first kappa shape index (κ1) is 16.9. The van der Waals surface area contributed by atoms with Gasteiger partial charge in [-0.3, -0.25) is 4.79 Å². The Labute approximate surface area is 131 Å². The van der Waals surface area contributed by atoms with Gasteiger partial charge in [0.2, 0.25) is 5.91 Å². The van der Waals surface area contributed by atoms with Crippen LogP contribution in [-0.4, -0.2) is 37.6 Å². The van der Waals surface area contributed by atoms with Gasteiger partial charge in [0.05, 0.1) is 30.2 Å². The molecule has 8 heteroatoms. The number of hydrogen-bond acceptors (Lipinski definition) is 3. The van der Waals surface area contributed by atoms with Crippen LogP contribution in [0.4, 0.5) is 24.5 Å². The second-order valence-electron chi connectivity index (χ2n) is 4.93. The number of benzene rings is 1. The largest absolute Gasteiger partial charge is 0.416 e. The number of nitrogens with zero attached hydrogens (tertiary/aromatic N) is 1. The van der Waals surface area contributed by atoms with Crippen LogP contribution in [0.15, 0.2) is 18.2 Å². The molecule has 0 radical (unpaired) electrons. The zero-order valence-corrected chi connectivity index (χ0v) is 12.7. The molecule has 0 bridgehead atoms. The summed E-state index contributed by atoms with van der Waals surface area (Å²) in [7, 11) is 0. The van der Waals surface area contributed by atoms with Crippen molar-refractivity contribution in [3.8, 4) is 0 Å². The second-order valence-corrected chi connectivity index (χ2v) is 5.59. The minimum absolute atomic E-state index is 0.106. The van der Waals surface area contributed by atoms with Gasteiger partial charge in [-0.2, -0.15) is 13.2 Å². The van der Waals surface area contributed by atoms with Gasteiger partial charge in [0.15, 0.2) is 0 Å². The van der Waals surface area contributed by atoms with Crippen molar-refractivity contribution in [2.24, 2.45) is 0 Å². The molecule has 0 saturated carbocycles. The van der Waals surface area contributed by atoms with Crippen molar-refractivity contribution < 1.29 is 22.7 Å². The predicted molar refractivity (Wildman–Crippen MR) is 78.4 cm³/mol. The summed E-state index contributed by atoms with van der Waals surface area (Å²) < 4.78 is 43.8. The fourth-order valence-corrected chi connectivity index (χ4v) is 2.18. The van der Waals surface area contributed by atoms with Gasteiger partial charge in [-0.05, 0) is 25.1 Å². The van der Waals surface area contributed by atoms with Gasteiger partial charge in [-0.15, -0.1) is 11.6 Å². The van der Waals surface area contributed by atoms with Crippen molar-refractivity contribution in [1.29, 1.82) is 0 Å². The van der Waals surface area contributed by atoms with E-state index in [9.17, 15) is 18.0 Å². The van der Waals surface area contributed by atoms with Crippen LogP contribution < -0.4 is 10.2 Å². The minimum atomic E-state index is -4.48. The third kappa shape index (κ3) is 4.04. The Balaban J connectivity index is 2.36. The topological polar surface area (TPSA) is 41.6 Å². The molecule has 1 aliphatic heterocycles. The molecule has 1 atom stereocenters. The summed E-state index contributed by atoms with van der Waals surface area (Å²) in [6.45, 7) is 3.52. The maximum Gasteiger partial charge on any atom is 0.416 e. The standard InChI is InChI=1S/C14H16ClF3N2O2/c1-9(15)13(21)19-11-8-10(14(16,17)18)2-3-12(11)20-4-6-22-7-5-20/h2-3,8-9H,4-7H2,1H3,(H,19,21). The maximum absolute atomic E-state index is 12.9. The molecule has 22 heavy (non-hydrogen) atoms. The summed E-state index contributed by atoms with van der Waals surface area (Å²) >= 11 is 5.68. The van der Waals surface area contributed by atoms with E-state index in [1.165, 1.54) is 13.0 Å². The summed E-state index contributed by atoms with van der Waals surface area (Å²) in [5, 5.41) is 1.63. The number of carbonyl (C=O) groups excluding carboxylic acids is 1. The highest BCUT2D eigenvalue weighted by molar-refractivity contribution is 6.32. The predicted octanol–water partition coefficient (Wildman–Crippen LogP) is 3.11. The molecule has 0 aliphatic carbocycles. The molecule has 0 aromatic heterocycles. The number of morpholine rings is 1. The molecular formula is C14H16ClF3N2O2. The number of ether oxygens (including phenoxy) is 1. The monoisotopic (exact) mass is 336 g/mol. The molecule has 2 rings (SSSR count). The Morgan fingerprint density at radius 3 is 2.55 bits per heavy atom. The first-order valence-corrected chi connectivity index (χ1v) is 7.21. The highest BCUT2D eigenvalue weighted by Crippen LogP contribution is 2.35. The smallest absolute Gasteiger partial charge is 0.378 e. The van der Waals surface area contributed by atoms with E-state index in [4.69, 9.17) is 16.3 Å². The average Bonchev–Trinajstić information content (AvgIpc) is 2.47. The van der Waals surface area contributed by atoms with Crippen LogP contribution in [0.25, 0.3) is 0 Å². The quantitative estimate of drug-likeness (QED) is 0.862. The van der Waals surface area contributed by atoms with E-state index in [2.05, 4.69) is 5.32 Å². The van der Waals surface area contributed by atoms with Crippen molar-refractivity contribution in [3.63, 3.8) is 0 Å². The van der Waals surface area contributed by atoms with E-state index >= 15 is 0 Å². The highest BCUT2D eigenvalue weighted by atomic mass is 35.5. The van der Waals surface area contributed by atoms with E-state index < -0.39 is 23.0 Å². The Bertz CT molecular complexity index is 543. The van der Waals surface area contributed by atoms with Gasteiger partial charge in [0.25, 0.3) is 0 Å². The van der Waals surface area contributed by atoms with Crippen LogP contribution in [0, 0.1) is 0 Å². The zero-order valence-electron chi connectivity index (χ0n) is 11.9. The average molecular weight is 337 g/mol. The minimum Gasteiger partial charge on any atom is -0.378 e. The van der Waals surface area contributed by atoms with E-state index in [0.717, 1.165) is 12.1 Å². The Morgan fingerprint density at radius 1 is 1.36 bits per heavy atom. The lowest BCUT2D eigenvalue weighted by Gasteiger charge is -2.31.